The summed E-state index contributed by atoms with van der Waals surface area (Å²) >= 11 is 0. The lowest BCUT2D eigenvalue weighted by Gasteiger charge is -2.28. The molecule has 0 unspecified atom stereocenters. The zero-order valence-corrected chi connectivity index (χ0v) is 28.9. The third-order valence-electron chi connectivity index (χ3n) is 11.3. The Morgan fingerprint density at radius 1 is 0.404 bits per heavy atom. The second-order valence-electron chi connectivity index (χ2n) is 14.5. The van der Waals surface area contributed by atoms with Crippen LogP contribution in [0.2, 0.25) is 0 Å². The van der Waals surface area contributed by atoms with Gasteiger partial charge in [0.15, 0.2) is 0 Å². The minimum Gasteiger partial charge on any atom is -0.456 e. The number of furan rings is 2. The monoisotopic (exact) mass is 667 g/mol. The third kappa shape index (κ3) is 4.20. The maximum atomic E-state index is 6.24. The smallest absolute Gasteiger partial charge is 0.136 e. The number of para-hydroxylation sites is 2. The maximum Gasteiger partial charge on any atom is 0.136 e. The first kappa shape index (κ1) is 29.2. The van der Waals surface area contributed by atoms with Crippen LogP contribution in [-0.2, 0) is 5.41 Å². The van der Waals surface area contributed by atoms with Crippen molar-refractivity contribution in [3.05, 3.63) is 175 Å². The van der Waals surface area contributed by atoms with E-state index in [1.54, 1.807) is 0 Å². The quantitative estimate of drug-likeness (QED) is 0.187. The summed E-state index contributed by atoms with van der Waals surface area (Å²) in [5.41, 5.74) is 14.5. The van der Waals surface area contributed by atoms with Gasteiger partial charge in [-0.2, -0.15) is 0 Å². The van der Waals surface area contributed by atoms with Gasteiger partial charge in [-0.1, -0.05) is 111 Å². The Morgan fingerprint density at radius 3 is 1.87 bits per heavy atom. The lowest BCUT2D eigenvalue weighted by molar-refractivity contribution is 0.660. The molecule has 0 bridgehead atoms. The predicted molar refractivity (Wildman–Crippen MR) is 216 cm³/mol. The first-order valence-electron chi connectivity index (χ1n) is 17.9. The number of rotatable bonds is 4. The molecule has 246 valence electrons. The molecular formula is C49H33NO2. The minimum atomic E-state index is -0.107. The fourth-order valence-corrected chi connectivity index (χ4v) is 8.66. The van der Waals surface area contributed by atoms with Crippen molar-refractivity contribution in [1.82, 2.24) is 0 Å². The summed E-state index contributed by atoms with van der Waals surface area (Å²) in [7, 11) is 0. The molecule has 0 amide bonds. The highest BCUT2D eigenvalue weighted by atomic mass is 16.3. The molecule has 10 aromatic rings. The van der Waals surface area contributed by atoms with Gasteiger partial charge in [0.25, 0.3) is 0 Å². The van der Waals surface area contributed by atoms with E-state index in [1.165, 1.54) is 44.0 Å². The Kier molecular flexibility index (Phi) is 6.01. The van der Waals surface area contributed by atoms with Crippen LogP contribution in [0.1, 0.15) is 25.0 Å². The van der Waals surface area contributed by atoms with Crippen LogP contribution in [0.25, 0.3) is 76.9 Å². The van der Waals surface area contributed by atoms with Crippen molar-refractivity contribution in [3.63, 3.8) is 0 Å². The van der Waals surface area contributed by atoms with Gasteiger partial charge in [-0.05, 0) is 111 Å². The van der Waals surface area contributed by atoms with Crippen molar-refractivity contribution in [1.29, 1.82) is 0 Å². The molecule has 2 aromatic heterocycles. The SMILES string of the molecule is CC1(C)c2ccccc2-c2ccc(N(c3ccc(-c4ccc5ccc6oc7ccccc7c6c5c4)cc3)c3ccc4oc5ccccc5c4c3)cc21. The lowest BCUT2D eigenvalue weighted by Crippen LogP contribution is -2.16. The summed E-state index contributed by atoms with van der Waals surface area (Å²) in [5, 5.41) is 6.95. The second-order valence-corrected chi connectivity index (χ2v) is 14.5. The van der Waals surface area contributed by atoms with Crippen molar-refractivity contribution in [2.24, 2.45) is 0 Å². The molecule has 1 aliphatic rings. The number of anilines is 3. The number of fused-ring (bicyclic) bond motifs is 11. The second kappa shape index (κ2) is 10.7. The molecule has 3 nitrogen and oxygen atoms in total. The number of hydrogen-bond acceptors (Lipinski definition) is 3. The van der Waals surface area contributed by atoms with Crippen molar-refractivity contribution in [2.45, 2.75) is 19.3 Å². The number of nitrogens with zero attached hydrogens (tertiary/aromatic N) is 1. The fourth-order valence-electron chi connectivity index (χ4n) is 8.66. The maximum absolute atomic E-state index is 6.24. The Bertz CT molecular complexity index is 3050. The van der Waals surface area contributed by atoms with Crippen molar-refractivity contribution >= 4 is 71.7 Å². The van der Waals surface area contributed by atoms with Crippen LogP contribution in [-0.4, -0.2) is 0 Å². The summed E-state index contributed by atoms with van der Waals surface area (Å²) in [4.78, 5) is 2.38. The molecule has 2 heterocycles. The third-order valence-corrected chi connectivity index (χ3v) is 11.3. The van der Waals surface area contributed by atoms with E-state index < -0.39 is 0 Å². The fraction of sp³-hybridized carbons (Fsp3) is 0.0612. The molecule has 1 aliphatic carbocycles. The Hall–Kier alpha value is -6.58. The van der Waals surface area contributed by atoms with Gasteiger partial charge in [0.2, 0.25) is 0 Å². The van der Waals surface area contributed by atoms with E-state index in [0.717, 1.165) is 61.1 Å². The summed E-state index contributed by atoms with van der Waals surface area (Å²) in [6.45, 7) is 4.68. The lowest BCUT2D eigenvalue weighted by atomic mass is 9.82. The number of hydrogen-bond donors (Lipinski definition) is 0. The summed E-state index contributed by atoms with van der Waals surface area (Å²) in [5.74, 6) is 0. The van der Waals surface area contributed by atoms with Crippen LogP contribution in [0.4, 0.5) is 17.1 Å². The molecule has 0 N–H and O–H groups in total. The molecule has 11 rings (SSSR count). The molecule has 0 spiro atoms. The first-order valence-corrected chi connectivity index (χ1v) is 17.9. The average Bonchev–Trinajstić information content (AvgIpc) is 3.83. The van der Waals surface area contributed by atoms with Gasteiger partial charge in [0.1, 0.15) is 22.3 Å². The van der Waals surface area contributed by atoms with E-state index in [2.05, 4.69) is 158 Å². The Labute approximate surface area is 301 Å². The molecule has 8 aromatic carbocycles. The highest BCUT2D eigenvalue weighted by Crippen LogP contribution is 2.51. The normalized spacial score (nSPS) is 13.3. The minimum absolute atomic E-state index is 0.107. The highest BCUT2D eigenvalue weighted by molar-refractivity contribution is 6.19. The first-order chi connectivity index (χ1) is 25.5. The molecule has 3 heteroatoms. The molecule has 0 atom stereocenters. The van der Waals surface area contributed by atoms with Gasteiger partial charge in [-0.25, -0.2) is 0 Å². The van der Waals surface area contributed by atoms with Gasteiger partial charge in [0, 0.05) is 44.0 Å². The van der Waals surface area contributed by atoms with Crippen LogP contribution >= 0.6 is 0 Å². The van der Waals surface area contributed by atoms with Crippen LogP contribution in [0.5, 0.6) is 0 Å². The topological polar surface area (TPSA) is 29.5 Å². The summed E-state index contributed by atoms with van der Waals surface area (Å²) in [6, 6.07) is 58.9. The number of benzene rings is 8. The Balaban J connectivity index is 1.06. The molecular weight excluding hydrogens is 635 g/mol. The molecule has 0 saturated carbocycles. The zero-order valence-electron chi connectivity index (χ0n) is 28.9. The van der Waals surface area contributed by atoms with Crippen LogP contribution < -0.4 is 4.90 Å². The van der Waals surface area contributed by atoms with E-state index in [0.29, 0.717) is 0 Å². The standard InChI is InChI=1S/C49H33NO2/c1-49(2)42-12-6-3-9-36(42)37-24-22-35(29-43(37)49)50(34-23-26-46-41(28-34)38-10-4-7-13-44(38)51-46)33-20-17-30(18-21-33)32-16-15-31-19-25-47-48(40(31)27-32)39-11-5-8-14-45(39)52-47/h3-29H,1-2H3. The van der Waals surface area contributed by atoms with Crippen LogP contribution in [0.3, 0.4) is 0 Å². The molecule has 52 heavy (non-hydrogen) atoms. The predicted octanol–water partition coefficient (Wildman–Crippen LogP) is 14.1. The average molecular weight is 668 g/mol. The van der Waals surface area contributed by atoms with Gasteiger partial charge < -0.3 is 13.7 Å². The van der Waals surface area contributed by atoms with E-state index in [9.17, 15) is 0 Å². The summed E-state index contributed by atoms with van der Waals surface area (Å²) in [6.07, 6.45) is 0. The summed E-state index contributed by atoms with van der Waals surface area (Å²) < 4.78 is 12.5. The highest BCUT2D eigenvalue weighted by Gasteiger charge is 2.35. The molecule has 0 fully saturated rings. The van der Waals surface area contributed by atoms with Gasteiger partial charge in [-0.3, -0.25) is 0 Å². The van der Waals surface area contributed by atoms with E-state index in [-0.39, 0.29) is 5.41 Å². The van der Waals surface area contributed by atoms with Crippen molar-refractivity contribution in [2.75, 3.05) is 4.90 Å². The van der Waals surface area contributed by atoms with Crippen molar-refractivity contribution in [3.8, 4) is 22.3 Å². The van der Waals surface area contributed by atoms with E-state index in [1.807, 2.05) is 24.3 Å². The van der Waals surface area contributed by atoms with Crippen LogP contribution in [0, 0.1) is 0 Å². The zero-order chi connectivity index (χ0) is 34.6. The largest absolute Gasteiger partial charge is 0.456 e. The van der Waals surface area contributed by atoms with Gasteiger partial charge in [0.05, 0.1) is 0 Å². The molecule has 0 aliphatic heterocycles. The van der Waals surface area contributed by atoms with Crippen molar-refractivity contribution < 1.29 is 8.83 Å². The Morgan fingerprint density at radius 2 is 1.00 bits per heavy atom. The van der Waals surface area contributed by atoms with Crippen LogP contribution in [0.15, 0.2) is 173 Å². The molecule has 0 radical (unpaired) electrons. The molecule has 0 saturated heterocycles. The van der Waals surface area contributed by atoms with E-state index >= 15 is 0 Å². The van der Waals surface area contributed by atoms with E-state index in [4.69, 9.17) is 8.83 Å². The van der Waals surface area contributed by atoms with Gasteiger partial charge in [-0.15, -0.1) is 0 Å². The van der Waals surface area contributed by atoms with Gasteiger partial charge >= 0.3 is 0 Å².